The molecule has 1 heterocycles. The van der Waals surface area contributed by atoms with Crippen LogP contribution in [-0.4, -0.2) is 32.2 Å². The van der Waals surface area contributed by atoms with Gasteiger partial charge in [-0.25, -0.2) is 4.98 Å². The molecule has 0 fully saturated rings. The van der Waals surface area contributed by atoms with Gasteiger partial charge in [0.2, 0.25) is 5.91 Å². The number of aryl methyl sites for hydroxylation is 1. The maximum Gasteiger partial charge on any atom is 0.250 e. The maximum absolute atomic E-state index is 12.3. The molecule has 1 aromatic heterocycles. The summed E-state index contributed by atoms with van der Waals surface area (Å²) in [6.07, 6.45) is 3.13. The fourth-order valence-corrected chi connectivity index (χ4v) is 3.46. The fourth-order valence-electron chi connectivity index (χ4n) is 2.75. The number of nitrogens with zero attached hydrogens (tertiary/aromatic N) is 1. The summed E-state index contributed by atoms with van der Waals surface area (Å²) < 4.78 is 15.9. The third kappa shape index (κ3) is 4.94. The van der Waals surface area contributed by atoms with Crippen molar-refractivity contribution in [1.29, 1.82) is 0 Å². The number of methoxy groups -OCH3 is 3. The van der Waals surface area contributed by atoms with E-state index in [9.17, 15) is 4.79 Å². The van der Waals surface area contributed by atoms with Crippen LogP contribution in [-0.2, 0) is 4.79 Å². The van der Waals surface area contributed by atoms with Crippen molar-refractivity contribution in [3.05, 3.63) is 59.0 Å². The zero-order chi connectivity index (χ0) is 20.8. The Balaban J connectivity index is 1.73. The molecular weight excluding hydrogens is 388 g/mol. The second kappa shape index (κ2) is 9.25. The van der Waals surface area contributed by atoms with Gasteiger partial charge in [-0.1, -0.05) is 11.6 Å². The lowest BCUT2D eigenvalue weighted by molar-refractivity contribution is -0.111. The summed E-state index contributed by atoms with van der Waals surface area (Å²) in [5.41, 5.74) is 3.53. The zero-order valence-corrected chi connectivity index (χ0v) is 17.5. The van der Waals surface area contributed by atoms with Crippen LogP contribution in [0.15, 0.2) is 47.9 Å². The molecule has 0 saturated carbocycles. The monoisotopic (exact) mass is 410 g/mol. The SMILES string of the molecule is COc1ccc(/C=C/C(=O)Nc2nc(-c3cc(C)ccc3OC)cs2)c(OC)c1. The van der Waals surface area contributed by atoms with Gasteiger partial charge < -0.3 is 14.2 Å². The molecular formula is C22H22N2O4S. The Kier molecular flexibility index (Phi) is 6.51. The number of hydrogen-bond donors (Lipinski definition) is 1. The average Bonchev–Trinajstić information content (AvgIpc) is 3.20. The first-order valence-electron chi connectivity index (χ1n) is 8.85. The van der Waals surface area contributed by atoms with E-state index in [1.807, 2.05) is 42.6 Å². The first kappa shape index (κ1) is 20.4. The number of nitrogens with one attached hydrogen (secondary N) is 1. The van der Waals surface area contributed by atoms with Crippen molar-refractivity contribution in [2.75, 3.05) is 26.6 Å². The number of benzene rings is 2. The van der Waals surface area contributed by atoms with Gasteiger partial charge in [-0.2, -0.15) is 0 Å². The number of hydrogen-bond acceptors (Lipinski definition) is 6. The largest absolute Gasteiger partial charge is 0.497 e. The standard InChI is InChI=1S/C22H22N2O4S/c1-14-5-9-19(27-3)17(11-14)18-13-29-22(23-18)24-21(25)10-7-15-6-8-16(26-2)12-20(15)28-4/h5-13H,1-4H3,(H,23,24,25)/b10-7+. The predicted molar refractivity (Wildman–Crippen MR) is 116 cm³/mol. The molecule has 2 aromatic carbocycles. The van der Waals surface area contributed by atoms with Gasteiger partial charge in [-0.3, -0.25) is 10.1 Å². The van der Waals surface area contributed by atoms with Gasteiger partial charge >= 0.3 is 0 Å². The van der Waals surface area contributed by atoms with Crippen LogP contribution in [0.4, 0.5) is 5.13 Å². The van der Waals surface area contributed by atoms with Crippen LogP contribution < -0.4 is 19.5 Å². The molecule has 0 aliphatic heterocycles. The van der Waals surface area contributed by atoms with Gasteiger partial charge in [-0.15, -0.1) is 11.3 Å². The summed E-state index contributed by atoms with van der Waals surface area (Å²) >= 11 is 1.36. The molecule has 0 aliphatic rings. The van der Waals surface area contributed by atoms with Gasteiger partial charge in [0.15, 0.2) is 5.13 Å². The molecule has 150 valence electrons. The van der Waals surface area contributed by atoms with E-state index in [1.54, 1.807) is 33.5 Å². The van der Waals surface area contributed by atoms with Crippen LogP contribution in [0.2, 0.25) is 0 Å². The average molecular weight is 410 g/mol. The fraction of sp³-hybridized carbons (Fsp3) is 0.182. The number of thiazole rings is 1. The van der Waals surface area contributed by atoms with Crippen LogP contribution in [0.25, 0.3) is 17.3 Å². The highest BCUT2D eigenvalue weighted by Crippen LogP contribution is 2.33. The molecule has 0 spiro atoms. The summed E-state index contributed by atoms with van der Waals surface area (Å²) in [6, 6.07) is 11.3. The molecule has 0 radical (unpaired) electrons. The van der Waals surface area contributed by atoms with E-state index in [0.717, 1.165) is 28.1 Å². The molecule has 6 nitrogen and oxygen atoms in total. The number of aromatic nitrogens is 1. The minimum Gasteiger partial charge on any atom is -0.497 e. The van der Waals surface area contributed by atoms with Crippen LogP contribution in [0.5, 0.6) is 17.2 Å². The second-order valence-electron chi connectivity index (χ2n) is 6.17. The maximum atomic E-state index is 12.3. The van der Waals surface area contributed by atoms with Crippen molar-refractivity contribution in [1.82, 2.24) is 4.98 Å². The second-order valence-corrected chi connectivity index (χ2v) is 7.03. The number of amides is 1. The highest BCUT2D eigenvalue weighted by Gasteiger charge is 2.11. The van der Waals surface area contributed by atoms with Gasteiger partial charge in [0.25, 0.3) is 0 Å². The van der Waals surface area contributed by atoms with Crippen LogP contribution >= 0.6 is 11.3 Å². The van der Waals surface area contributed by atoms with E-state index in [0.29, 0.717) is 16.6 Å². The van der Waals surface area contributed by atoms with Crippen molar-refractivity contribution in [3.63, 3.8) is 0 Å². The normalized spacial score (nSPS) is 10.8. The lowest BCUT2D eigenvalue weighted by Crippen LogP contribution is -2.07. The third-order valence-electron chi connectivity index (χ3n) is 4.22. The molecule has 7 heteroatoms. The summed E-state index contributed by atoms with van der Waals surface area (Å²) in [4.78, 5) is 16.8. The van der Waals surface area contributed by atoms with Crippen molar-refractivity contribution < 1.29 is 19.0 Å². The smallest absolute Gasteiger partial charge is 0.250 e. The van der Waals surface area contributed by atoms with E-state index in [1.165, 1.54) is 17.4 Å². The highest BCUT2D eigenvalue weighted by molar-refractivity contribution is 7.14. The van der Waals surface area contributed by atoms with E-state index in [-0.39, 0.29) is 5.91 Å². The van der Waals surface area contributed by atoms with E-state index in [2.05, 4.69) is 10.3 Å². The Morgan fingerprint density at radius 1 is 1.03 bits per heavy atom. The molecule has 0 unspecified atom stereocenters. The molecule has 29 heavy (non-hydrogen) atoms. The van der Waals surface area contributed by atoms with Crippen LogP contribution in [0.3, 0.4) is 0 Å². The van der Waals surface area contributed by atoms with Crippen molar-refractivity contribution in [2.45, 2.75) is 6.92 Å². The lowest BCUT2D eigenvalue weighted by atomic mass is 10.1. The van der Waals surface area contributed by atoms with Gasteiger partial charge in [0.05, 0.1) is 27.0 Å². The van der Waals surface area contributed by atoms with Gasteiger partial charge in [-0.05, 0) is 37.3 Å². The van der Waals surface area contributed by atoms with Crippen molar-refractivity contribution in [3.8, 4) is 28.5 Å². The topological polar surface area (TPSA) is 69.7 Å². The molecule has 1 amide bonds. The molecule has 0 aliphatic carbocycles. The molecule has 0 saturated heterocycles. The van der Waals surface area contributed by atoms with Crippen LogP contribution in [0.1, 0.15) is 11.1 Å². The Hall–Kier alpha value is -3.32. The Morgan fingerprint density at radius 2 is 1.83 bits per heavy atom. The summed E-state index contributed by atoms with van der Waals surface area (Å²) in [7, 11) is 4.79. The summed E-state index contributed by atoms with van der Waals surface area (Å²) in [6.45, 7) is 2.01. The number of rotatable bonds is 7. The van der Waals surface area contributed by atoms with E-state index < -0.39 is 0 Å². The van der Waals surface area contributed by atoms with E-state index in [4.69, 9.17) is 14.2 Å². The molecule has 0 atom stereocenters. The van der Waals surface area contributed by atoms with Crippen molar-refractivity contribution in [2.24, 2.45) is 0 Å². The first-order chi connectivity index (χ1) is 14.0. The first-order valence-corrected chi connectivity index (χ1v) is 9.73. The minimum atomic E-state index is -0.278. The van der Waals surface area contributed by atoms with Crippen LogP contribution in [0, 0.1) is 6.92 Å². The van der Waals surface area contributed by atoms with Gasteiger partial charge in [0, 0.05) is 28.6 Å². The minimum absolute atomic E-state index is 0.278. The number of carbonyl (C=O) groups is 1. The highest BCUT2D eigenvalue weighted by atomic mass is 32.1. The molecule has 0 bridgehead atoms. The van der Waals surface area contributed by atoms with Crippen molar-refractivity contribution >= 4 is 28.5 Å². The molecule has 3 aromatic rings. The predicted octanol–water partition coefficient (Wildman–Crippen LogP) is 4.80. The number of carbonyl (C=O) groups excluding carboxylic acids is 1. The quantitative estimate of drug-likeness (QED) is 0.567. The number of anilines is 1. The third-order valence-corrected chi connectivity index (χ3v) is 4.98. The molecule has 3 rings (SSSR count). The lowest BCUT2D eigenvalue weighted by Gasteiger charge is -2.07. The van der Waals surface area contributed by atoms with E-state index >= 15 is 0 Å². The Labute approximate surface area is 173 Å². The zero-order valence-electron chi connectivity index (χ0n) is 16.7. The summed E-state index contributed by atoms with van der Waals surface area (Å²) in [5, 5.41) is 5.20. The molecule has 1 N–H and O–H groups in total. The number of ether oxygens (including phenoxy) is 3. The Bertz CT molecular complexity index is 1040. The Morgan fingerprint density at radius 3 is 2.55 bits per heavy atom. The van der Waals surface area contributed by atoms with Gasteiger partial charge in [0.1, 0.15) is 17.2 Å². The summed E-state index contributed by atoms with van der Waals surface area (Å²) in [5.74, 6) is 1.77.